The third-order valence-electron chi connectivity index (χ3n) is 1.90. The van der Waals surface area contributed by atoms with Crippen LogP contribution in [0.25, 0.3) is 11.0 Å². The largest absolute Gasteiger partial charge is 0.464 e. The van der Waals surface area contributed by atoms with Crippen LogP contribution in [0.15, 0.2) is 29.0 Å². The van der Waals surface area contributed by atoms with E-state index in [1.54, 1.807) is 12.5 Å². The normalized spacial score (nSPS) is 9.50. The molecular weight excluding hydrogens is 176 g/mol. The van der Waals surface area contributed by atoms with E-state index < -0.39 is 0 Å². The van der Waals surface area contributed by atoms with E-state index in [9.17, 15) is 0 Å². The lowest BCUT2D eigenvalue weighted by Gasteiger charge is -2.00. The van der Waals surface area contributed by atoms with E-state index in [2.05, 4.69) is 22.1 Å². The SMILES string of the molecule is CC#CCNc1nccc2occc12. The number of hydrogen-bond donors (Lipinski definition) is 1. The number of hydrogen-bond acceptors (Lipinski definition) is 3. The molecule has 2 heterocycles. The molecule has 2 aromatic heterocycles. The summed E-state index contributed by atoms with van der Waals surface area (Å²) in [7, 11) is 0. The highest BCUT2D eigenvalue weighted by Crippen LogP contribution is 2.21. The molecule has 0 aliphatic rings. The van der Waals surface area contributed by atoms with Crippen LogP contribution in [0.1, 0.15) is 6.92 Å². The zero-order valence-electron chi connectivity index (χ0n) is 7.87. The maximum Gasteiger partial charge on any atom is 0.139 e. The Morgan fingerprint density at radius 1 is 1.50 bits per heavy atom. The van der Waals surface area contributed by atoms with Gasteiger partial charge in [-0.1, -0.05) is 5.92 Å². The van der Waals surface area contributed by atoms with E-state index in [1.165, 1.54) is 0 Å². The zero-order chi connectivity index (χ0) is 9.80. The Morgan fingerprint density at radius 3 is 3.29 bits per heavy atom. The van der Waals surface area contributed by atoms with Crippen LogP contribution in [-0.4, -0.2) is 11.5 Å². The van der Waals surface area contributed by atoms with E-state index >= 15 is 0 Å². The molecule has 3 heteroatoms. The van der Waals surface area contributed by atoms with Crippen molar-refractivity contribution < 1.29 is 4.42 Å². The minimum atomic E-state index is 0.605. The maximum atomic E-state index is 5.25. The Bertz CT molecular complexity index is 490. The average Bonchev–Trinajstić information content (AvgIpc) is 2.67. The fraction of sp³-hybridized carbons (Fsp3) is 0.182. The number of fused-ring (bicyclic) bond motifs is 1. The summed E-state index contributed by atoms with van der Waals surface area (Å²) in [6.07, 6.45) is 3.37. The van der Waals surface area contributed by atoms with Gasteiger partial charge < -0.3 is 9.73 Å². The number of furan rings is 1. The molecule has 2 rings (SSSR count). The second-order valence-electron chi connectivity index (χ2n) is 2.77. The lowest BCUT2D eigenvalue weighted by Crippen LogP contribution is -2.00. The zero-order valence-corrected chi connectivity index (χ0v) is 7.87. The molecule has 1 N–H and O–H groups in total. The summed E-state index contributed by atoms with van der Waals surface area (Å²) < 4.78 is 5.25. The molecule has 0 saturated carbocycles. The number of rotatable bonds is 2. The van der Waals surface area contributed by atoms with Crippen LogP contribution >= 0.6 is 0 Å². The summed E-state index contributed by atoms with van der Waals surface area (Å²) in [6.45, 7) is 2.42. The van der Waals surface area contributed by atoms with Gasteiger partial charge in [0.25, 0.3) is 0 Å². The maximum absolute atomic E-state index is 5.25. The molecule has 0 bridgehead atoms. The second kappa shape index (κ2) is 3.84. The highest BCUT2D eigenvalue weighted by atomic mass is 16.3. The Hall–Kier alpha value is -1.95. The summed E-state index contributed by atoms with van der Waals surface area (Å²) >= 11 is 0. The Kier molecular flexibility index (Phi) is 2.37. The van der Waals surface area contributed by atoms with Crippen molar-refractivity contribution in [3.05, 3.63) is 24.6 Å². The molecule has 0 spiro atoms. The summed E-state index contributed by atoms with van der Waals surface area (Å²) in [5, 5.41) is 4.12. The molecular formula is C11H10N2O. The molecule has 0 radical (unpaired) electrons. The molecule has 2 aromatic rings. The van der Waals surface area contributed by atoms with Gasteiger partial charge in [-0.25, -0.2) is 4.98 Å². The van der Waals surface area contributed by atoms with E-state index in [0.717, 1.165) is 16.8 Å². The van der Waals surface area contributed by atoms with Gasteiger partial charge in [-0.15, -0.1) is 5.92 Å². The van der Waals surface area contributed by atoms with Crippen molar-refractivity contribution in [2.45, 2.75) is 6.92 Å². The van der Waals surface area contributed by atoms with Crippen LogP contribution in [0, 0.1) is 11.8 Å². The monoisotopic (exact) mass is 186 g/mol. The molecule has 14 heavy (non-hydrogen) atoms. The smallest absolute Gasteiger partial charge is 0.139 e. The van der Waals surface area contributed by atoms with Gasteiger partial charge in [-0.3, -0.25) is 0 Å². The minimum Gasteiger partial charge on any atom is -0.464 e. The Morgan fingerprint density at radius 2 is 2.43 bits per heavy atom. The van der Waals surface area contributed by atoms with E-state index in [0.29, 0.717) is 6.54 Å². The molecule has 0 saturated heterocycles. The van der Waals surface area contributed by atoms with Crippen molar-refractivity contribution in [2.24, 2.45) is 0 Å². The third-order valence-corrected chi connectivity index (χ3v) is 1.90. The summed E-state index contributed by atoms with van der Waals surface area (Å²) in [6, 6.07) is 3.73. The minimum absolute atomic E-state index is 0.605. The Balaban J connectivity index is 2.30. The standard InChI is InChI=1S/C11H10N2O/c1-2-3-6-12-11-9-5-8-14-10(9)4-7-13-11/h4-5,7-8H,6H2,1H3,(H,12,13). The van der Waals surface area contributed by atoms with Crippen LogP contribution in [0.5, 0.6) is 0 Å². The molecule has 0 atom stereocenters. The van der Waals surface area contributed by atoms with Crippen molar-refractivity contribution in [2.75, 3.05) is 11.9 Å². The second-order valence-corrected chi connectivity index (χ2v) is 2.77. The summed E-state index contributed by atoms with van der Waals surface area (Å²) in [4.78, 5) is 4.21. The van der Waals surface area contributed by atoms with Gasteiger partial charge in [-0.05, 0) is 19.1 Å². The van der Waals surface area contributed by atoms with Crippen molar-refractivity contribution >= 4 is 16.8 Å². The van der Waals surface area contributed by atoms with E-state index in [4.69, 9.17) is 4.42 Å². The van der Waals surface area contributed by atoms with Gasteiger partial charge in [0.1, 0.15) is 11.4 Å². The van der Waals surface area contributed by atoms with Crippen LogP contribution in [-0.2, 0) is 0 Å². The fourth-order valence-corrected chi connectivity index (χ4v) is 1.25. The molecule has 0 fully saturated rings. The van der Waals surface area contributed by atoms with Gasteiger partial charge in [-0.2, -0.15) is 0 Å². The van der Waals surface area contributed by atoms with E-state index in [1.807, 2.05) is 19.1 Å². The highest BCUT2D eigenvalue weighted by molar-refractivity contribution is 5.87. The van der Waals surface area contributed by atoms with Crippen molar-refractivity contribution in [3.63, 3.8) is 0 Å². The van der Waals surface area contributed by atoms with Gasteiger partial charge in [0.05, 0.1) is 18.2 Å². The number of aromatic nitrogens is 1. The van der Waals surface area contributed by atoms with Crippen LogP contribution in [0.2, 0.25) is 0 Å². The first kappa shape index (κ1) is 8.64. The average molecular weight is 186 g/mol. The summed E-state index contributed by atoms with van der Waals surface area (Å²) in [5.41, 5.74) is 0.840. The lowest BCUT2D eigenvalue weighted by molar-refractivity contribution is 0.615. The molecule has 0 aromatic carbocycles. The highest BCUT2D eigenvalue weighted by Gasteiger charge is 2.02. The molecule has 0 amide bonds. The number of nitrogens with zero attached hydrogens (tertiary/aromatic N) is 1. The number of anilines is 1. The topological polar surface area (TPSA) is 38.1 Å². The fourth-order valence-electron chi connectivity index (χ4n) is 1.25. The number of pyridine rings is 1. The van der Waals surface area contributed by atoms with Gasteiger partial charge in [0, 0.05) is 6.20 Å². The van der Waals surface area contributed by atoms with Crippen LogP contribution in [0.3, 0.4) is 0 Å². The molecule has 0 aliphatic carbocycles. The lowest BCUT2D eigenvalue weighted by atomic mass is 10.3. The van der Waals surface area contributed by atoms with Gasteiger partial charge >= 0.3 is 0 Å². The predicted octanol–water partition coefficient (Wildman–Crippen LogP) is 2.26. The van der Waals surface area contributed by atoms with Crippen molar-refractivity contribution in [1.29, 1.82) is 0 Å². The first-order chi connectivity index (χ1) is 6.92. The van der Waals surface area contributed by atoms with E-state index in [-0.39, 0.29) is 0 Å². The van der Waals surface area contributed by atoms with Crippen molar-refractivity contribution in [1.82, 2.24) is 4.98 Å². The molecule has 0 unspecified atom stereocenters. The van der Waals surface area contributed by atoms with Crippen LogP contribution < -0.4 is 5.32 Å². The van der Waals surface area contributed by atoms with Gasteiger partial charge in [0.2, 0.25) is 0 Å². The van der Waals surface area contributed by atoms with Crippen LogP contribution in [0.4, 0.5) is 5.82 Å². The molecule has 0 aliphatic heterocycles. The van der Waals surface area contributed by atoms with Gasteiger partial charge in [0.15, 0.2) is 0 Å². The molecule has 3 nitrogen and oxygen atoms in total. The first-order valence-corrected chi connectivity index (χ1v) is 4.37. The molecule has 70 valence electrons. The third kappa shape index (κ3) is 1.55. The summed E-state index contributed by atoms with van der Waals surface area (Å²) in [5.74, 6) is 6.56. The number of nitrogens with one attached hydrogen (secondary N) is 1. The first-order valence-electron chi connectivity index (χ1n) is 4.37. The Labute approximate surface area is 82.1 Å². The van der Waals surface area contributed by atoms with Crippen molar-refractivity contribution in [3.8, 4) is 11.8 Å². The predicted molar refractivity (Wildman–Crippen MR) is 55.9 cm³/mol. The quantitative estimate of drug-likeness (QED) is 0.731.